The minimum atomic E-state index is 1.15. The second kappa shape index (κ2) is 13.1. The van der Waals surface area contributed by atoms with E-state index >= 15 is 0 Å². The molecule has 0 aliphatic rings. The predicted molar refractivity (Wildman–Crippen MR) is 102 cm³/mol. The molecule has 0 unspecified atom stereocenters. The summed E-state index contributed by atoms with van der Waals surface area (Å²) in [6, 6.07) is 0. The van der Waals surface area contributed by atoms with Gasteiger partial charge in [-0.05, 0) is 77.6 Å². The van der Waals surface area contributed by atoms with Gasteiger partial charge in [0.05, 0.1) is 0 Å². The Hall–Kier alpha value is -0.560. The van der Waals surface area contributed by atoms with Crippen LogP contribution < -0.4 is 0 Å². The third kappa shape index (κ3) is 12.9. The molecule has 0 saturated carbocycles. The fraction of sp³-hybridized carbons (Fsp3) is 0.600. The van der Waals surface area contributed by atoms with Crippen molar-refractivity contribution < 1.29 is 0 Å². The molecule has 0 aromatic carbocycles. The minimum Gasteiger partial charge on any atom is -0.0853 e. The third-order valence-electron chi connectivity index (χ3n) is 3.84. The molecule has 120 valence electrons. The van der Waals surface area contributed by atoms with Gasteiger partial charge >= 0.3 is 0 Å². The Balaban J connectivity index is 3.94. The molecule has 0 amide bonds. The van der Waals surface area contributed by atoms with Crippen molar-refractivity contribution in [3.05, 3.63) is 45.5 Å². The van der Waals surface area contributed by atoms with E-state index in [0.29, 0.717) is 0 Å². The van der Waals surface area contributed by atoms with E-state index in [9.17, 15) is 0 Å². The SMILES string of the molecule is CC/C(C)=C/CC/C(C)=C/CC/C(C)=C/CC/C(C)=C/Br. The molecule has 0 bridgehead atoms. The number of hydrogen-bond acceptors (Lipinski definition) is 0. The van der Waals surface area contributed by atoms with Crippen LogP contribution in [-0.4, -0.2) is 0 Å². The lowest BCUT2D eigenvalue weighted by Crippen LogP contribution is -1.82. The lowest BCUT2D eigenvalue weighted by molar-refractivity contribution is 0.898. The molecular weight excluding hydrogens is 320 g/mol. The van der Waals surface area contributed by atoms with E-state index in [0.717, 1.165) is 12.8 Å². The van der Waals surface area contributed by atoms with Crippen molar-refractivity contribution in [2.75, 3.05) is 0 Å². The van der Waals surface area contributed by atoms with Gasteiger partial charge in [-0.3, -0.25) is 0 Å². The summed E-state index contributed by atoms with van der Waals surface area (Å²) in [5.74, 6) is 0. The van der Waals surface area contributed by atoms with Crippen LogP contribution in [0.4, 0.5) is 0 Å². The Morgan fingerprint density at radius 1 is 0.667 bits per heavy atom. The molecule has 0 spiro atoms. The summed E-state index contributed by atoms with van der Waals surface area (Å²) in [7, 11) is 0. The van der Waals surface area contributed by atoms with E-state index in [1.54, 1.807) is 0 Å². The van der Waals surface area contributed by atoms with E-state index in [-0.39, 0.29) is 0 Å². The maximum atomic E-state index is 3.38. The second-order valence-corrected chi connectivity index (χ2v) is 6.53. The van der Waals surface area contributed by atoms with Crippen molar-refractivity contribution in [1.29, 1.82) is 0 Å². The Kier molecular flexibility index (Phi) is 12.8. The summed E-state index contributed by atoms with van der Waals surface area (Å²) in [5.41, 5.74) is 5.96. The molecule has 0 aromatic rings. The van der Waals surface area contributed by atoms with Gasteiger partial charge in [0.15, 0.2) is 0 Å². The van der Waals surface area contributed by atoms with E-state index in [4.69, 9.17) is 0 Å². The third-order valence-corrected chi connectivity index (χ3v) is 4.62. The van der Waals surface area contributed by atoms with Crippen molar-refractivity contribution in [3.8, 4) is 0 Å². The molecule has 0 aromatic heterocycles. The van der Waals surface area contributed by atoms with Crippen molar-refractivity contribution in [2.24, 2.45) is 0 Å². The van der Waals surface area contributed by atoms with Crippen LogP contribution >= 0.6 is 15.9 Å². The Bertz CT molecular complexity index is 394. The van der Waals surface area contributed by atoms with Crippen LogP contribution in [0, 0.1) is 0 Å². The van der Waals surface area contributed by atoms with E-state index < -0.39 is 0 Å². The molecule has 0 nitrogen and oxygen atoms in total. The summed E-state index contributed by atoms with van der Waals surface area (Å²) in [6.45, 7) is 11.1. The summed E-state index contributed by atoms with van der Waals surface area (Å²) >= 11 is 3.38. The molecule has 0 atom stereocenters. The minimum absolute atomic E-state index is 1.15. The van der Waals surface area contributed by atoms with Gasteiger partial charge in [-0.2, -0.15) is 0 Å². The first-order valence-corrected chi connectivity index (χ1v) is 9.13. The average molecular weight is 353 g/mol. The summed E-state index contributed by atoms with van der Waals surface area (Å²) in [5, 5.41) is 0. The van der Waals surface area contributed by atoms with Crippen molar-refractivity contribution >= 4 is 15.9 Å². The molecule has 1 heteroatoms. The fourth-order valence-electron chi connectivity index (χ4n) is 2.04. The quantitative estimate of drug-likeness (QED) is 0.350. The first kappa shape index (κ1) is 20.4. The number of hydrogen-bond donors (Lipinski definition) is 0. The molecular formula is C20H33Br. The summed E-state index contributed by atoms with van der Waals surface area (Å²) in [6.07, 6.45) is 15.4. The second-order valence-electron chi connectivity index (χ2n) is 6.08. The normalized spacial score (nSPS) is 14.8. The topological polar surface area (TPSA) is 0 Å². The lowest BCUT2D eigenvalue weighted by Gasteiger charge is -2.02. The number of allylic oxidation sites excluding steroid dienone is 7. The summed E-state index contributed by atoms with van der Waals surface area (Å²) < 4.78 is 0. The largest absolute Gasteiger partial charge is 0.0853 e. The highest BCUT2D eigenvalue weighted by Crippen LogP contribution is 2.14. The zero-order chi connectivity index (χ0) is 16.1. The average Bonchev–Trinajstić information content (AvgIpc) is 2.46. The highest BCUT2D eigenvalue weighted by Gasteiger charge is 1.93. The zero-order valence-corrected chi connectivity index (χ0v) is 16.2. The molecule has 0 rings (SSSR count). The molecule has 0 heterocycles. The Morgan fingerprint density at radius 3 is 1.43 bits per heavy atom. The Morgan fingerprint density at radius 2 is 1.05 bits per heavy atom. The fourth-order valence-corrected chi connectivity index (χ4v) is 2.27. The first-order chi connectivity index (χ1) is 9.99. The van der Waals surface area contributed by atoms with Gasteiger partial charge < -0.3 is 0 Å². The lowest BCUT2D eigenvalue weighted by atomic mass is 10.0. The van der Waals surface area contributed by atoms with Crippen molar-refractivity contribution in [2.45, 2.75) is 79.6 Å². The van der Waals surface area contributed by atoms with Gasteiger partial charge in [0.25, 0.3) is 0 Å². The predicted octanol–water partition coefficient (Wildman–Crippen LogP) is 7.87. The summed E-state index contributed by atoms with van der Waals surface area (Å²) in [4.78, 5) is 2.02. The van der Waals surface area contributed by atoms with Crippen LogP contribution in [0.2, 0.25) is 0 Å². The maximum Gasteiger partial charge on any atom is -0.0200 e. The smallest absolute Gasteiger partial charge is 0.0200 e. The van der Waals surface area contributed by atoms with Crippen LogP contribution in [0.25, 0.3) is 0 Å². The van der Waals surface area contributed by atoms with Crippen LogP contribution in [0.1, 0.15) is 79.6 Å². The maximum absolute atomic E-state index is 3.38. The first-order valence-electron chi connectivity index (χ1n) is 8.22. The number of halogens is 1. The van der Waals surface area contributed by atoms with E-state index in [2.05, 4.69) is 68.8 Å². The highest BCUT2D eigenvalue weighted by molar-refractivity contribution is 9.11. The van der Waals surface area contributed by atoms with Gasteiger partial charge in [0, 0.05) is 0 Å². The zero-order valence-electron chi connectivity index (χ0n) is 14.6. The molecule has 0 radical (unpaired) electrons. The van der Waals surface area contributed by atoms with Crippen molar-refractivity contribution in [1.82, 2.24) is 0 Å². The number of rotatable bonds is 10. The molecule has 0 aliphatic heterocycles. The van der Waals surface area contributed by atoms with Crippen LogP contribution in [-0.2, 0) is 0 Å². The van der Waals surface area contributed by atoms with Gasteiger partial charge in [0.2, 0.25) is 0 Å². The van der Waals surface area contributed by atoms with Crippen molar-refractivity contribution in [3.63, 3.8) is 0 Å². The van der Waals surface area contributed by atoms with E-state index in [1.807, 2.05) is 4.99 Å². The van der Waals surface area contributed by atoms with Gasteiger partial charge in [-0.15, -0.1) is 0 Å². The van der Waals surface area contributed by atoms with Crippen LogP contribution in [0.5, 0.6) is 0 Å². The van der Waals surface area contributed by atoms with Crippen LogP contribution in [0.3, 0.4) is 0 Å². The standard InChI is InChI=1S/C20H33Br/c1-6-17(2)10-7-11-18(3)12-8-13-19(4)14-9-15-20(5)16-21/h10,12,14,16H,6-9,11,13,15H2,1-5H3/b17-10+,18-12+,19-14+,20-16+. The molecule has 21 heavy (non-hydrogen) atoms. The van der Waals surface area contributed by atoms with Gasteiger partial charge in [-0.1, -0.05) is 63.4 Å². The monoisotopic (exact) mass is 352 g/mol. The van der Waals surface area contributed by atoms with Gasteiger partial charge in [0.1, 0.15) is 0 Å². The van der Waals surface area contributed by atoms with E-state index in [1.165, 1.54) is 54.4 Å². The highest BCUT2D eigenvalue weighted by atomic mass is 79.9. The molecule has 0 aliphatic carbocycles. The van der Waals surface area contributed by atoms with Crippen LogP contribution in [0.15, 0.2) is 45.5 Å². The molecule has 0 saturated heterocycles. The Labute approximate surface area is 141 Å². The molecule has 0 N–H and O–H groups in total. The molecule has 0 fully saturated rings. The van der Waals surface area contributed by atoms with Gasteiger partial charge in [-0.25, -0.2) is 0 Å².